The van der Waals surface area contributed by atoms with Gasteiger partial charge in [-0.2, -0.15) is 0 Å². The Morgan fingerprint density at radius 1 is 0.929 bits per heavy atom. The van der Waals surface area contributed by atoms with Gasteiger partial charge in [-0.15, -0.1) is 0 Å². The number of nitrogens with one attached hydrogen (secondary N) is 1. The number of carbonyl (C=O) groups excluding carboxylic acids is 2. The fourth-order valence-electron chi connectivity index (χ4n) is 4.20. The van der Waals surface area contributed by atoms with Crippen LogP contribution in [-0.4, -0.2) is 65.1 Å². The lowest BCUT2D eigenvalue weighted by atomic mass is 10.1. The van der Waals surface area contributed by atoms with Crippen molar-refractivity contribution in [3.8, 4) is 17.2 Å². The molecule has 10 nitrogen and oxygen atoms in total. The zero-order valence-electron chi connectivity index (χ0n) is 24.3. The number of carbonyl (C=O) groups is 2. The third-order valence-electron chi connectivity index (χ3n) is 6.44. The van der Waals surface area contributed by atoms with E-state index in [-0.39, 0.29) is 28.8 Å². The molecule has 226 valence electrons. The van der Waals surface area contributed by atoms with E-state index in [2.05, 4.69) is 5.32 Å². The number of halogens is 1. The molecule has 1 atom stereocenters. The lowest BCUT2D eigenvalue weighted by molar-refractivity contribution is -0.139. The molecule has 0 heterocycles. The summed E-state index contributed by atoms with van der Waals surface area (Å²) in [6.07, 6.45) is 0. The largest absolute Gasteiger partial charge is 0.494 e. The Morgan fingerprint density at radius 3 is 2.14 bits per heavy atom. The van der Waals surface area contributed by atoms with Crippen molar-refractivity contribution < 1.29 is 32.2 Å². The first kappa shape index (κ1) is 32.6. The van der Waals surface area contributed by atoms with Crippen LogP contribution in [0.5, 0.6) is 17.2 Å². The minimum Gasteiger partial charge on any atom is -0.494 e. The van der Waals surface area contributed by atoms with Gasteiger partial charge in [-0.1, -0.05) is 23.7 Å². The van der Waals surface area contributed by atoms with E-state index in [0.29, 0.717) is 29.7 Å². The van der Waals surface area contributed by atoms with E-state index in [1.165, 1.54) is 37.3 Å². The van der Waals surface area contributed by atoms with E-state index < -0.39 is 28.5 Å². The summed E-state index contributed by atoms with van der Waals surface area (Å²) >= 11 is 6.04. The van der Waals surface area contributed by atoms with Crippen LogP contribution in [0.25, 0.3) is 0 Å². The van der Waals surface area contributed by atoms with Gasteiger partial charge in [0.15, 0.2) is 11.5 Å². The summed E-state index contributed by atoms with van der Waals surface area (Å²) in [6.45, 7) is 5.50. The Kier molecular flexibility index (Phi) is 11.5. The number of rotatable bonds is 14. The first-order valence-corrected chi connectivity index (χ1v) is 15.2. The number of anilines is 1. The van der Waals surface area contributed by atoms with Crippen LogP contribution < -0.4 is 23.8 Å². The van der Waals surface area contributed by atoms with Gasteiger partial charge in [-0.25, -0.2) is 8.42 Å². The molecule has 0 unspecified atom stereocenters. The molecule has 0 bridgehead atoms. The van der Waals surface area contributed by atoms with Gasteiger partial charge >= 0.3 is 0 Å². The Morgan fingerprint density at radius 2 is 1.57 bits per heavy atom. The predicted molar refractivity (Wildman–Crippen MR) is 162 cm³/mol. The zero-order chi connectivity index (χ0) is 30.9. The number of ether oxygens (including phenoxy) is 3. The van der Waals surface area contributed by atoms with Crippen LogP contribution >= 0.6 is 11.6 Å². The predicted octanol–water partition coefficient (Wildman–Crippen LogP) is 4.50. The molecule has 3 rings (SSSR count). The third kappa shape index (κ3) is 7.86. The second-order valence-corrected chi connectivity index (χ2v) is 11.5. The molecular formula is C30H36ClN3O7S. The van der Waals surface area contributed by atoms with Gasteiger partial charge < -0.3 is 24.4 Å². The summed E-state index contributed by atoms with van der Waals surface area (Å²) in [7, 11) is -1.46. The van der Waals surface area contributed by atoms with Crippen LogP contribution in [-0.2, 0) is 26.2 Å². The van der Waals surface area contributed by atoms with Crippen LogP contribution in [0.2, 0.25) is 5.02 Å². The van der Waals surface area contributed by atoms with Gasteiger partial charge in [0.2, 0.25) is 11.8 Å². The molecule has 0 aliphatic heterocycles. The van der Waals surface area contributed by atoms with E-state index in [1.807, 2.05) is 6.92 Å². The van der Waals surface area contributed by atoms with Gasteiger partial charge in [0.25, 0.3) is 10.0 Å². The highest BCUT2D eigenvalue weighted by atomic mass is 35.5. The standard InChI is InChI=1S/C30H36ClN3O7S/c1-6-32-30(36)21(3)33(19-22-8-10-23(31)11-9-22)29(35)20-34(24-12-14-25(15-13-24)41-7-2)42(37,38)26-16-17-27(39-4)28(18-26)40-5/h8-18,21H,6-7,19-20H2,1-5H3,(H,32,36)/t21-/m0/s1. The summed E-state index contributed by atoms with van der Waals surface area (Å²) in [5.41, 5.74) is 0.956. The maximum Gasteiger partial charge on any atom is 0.264 e. The van der Waals surface area contributed by atoms with Crippen molar-refractivity contribution in [3.63, 3.8) is 0 Å². The number of amides is 2. The second-order valence-electron chi connectivity index (χ2n) is 9.17. The molecule has 0 fully saturated rings. The van der Waals surface area contributed by atoms with Gasteiger partial charge in [0.1, 0.15) is 18.3 Å². The smallest absolute Gasteiger partial charge is 0.264 e. The maximum atomic E-state index is 14.1. The van der Waals surface area contributed by atoms with E-state index in [1.54, 1.807) is 62.4 Å². The molecule has 42 heavy (non-hydrogen) atoms. The van der Waals surface area contributed by atoms with E-state index in [9.17, 15) is 18.0 Å². The minimum absolute atomic E-state index is 0.0574. The first-order valence-electron chi connectivity index (χ1n) is 13.3. The van der Waals surface area contributed by atoms with Crippen molar-refractivity contribution in [3.05, 3.63) is 77.3 Å². The average Bonchev–Trinajstić information content (AvgIpc) is 2.99. The SMILES string of the molecule is CCNC(=O)[C@H](C)N(Cc1ccc(Cl)cc1)C(=O)CN(c1ccc(OCC)cc1)S(=O)(=O)c1ccc(OC)c(OC)c1. The van der Waals surface area contributed by atoms with Crippen molar-refractivity contribution in [2.24, 2.45) is 0 Å². The number of hydrogen-bond acceptors (Lipinski definition) is 7. The topological polar surface area (TPSA) is 114 Å². The molecule has 0 radical (unpaired) electrons. The number of nitrogens with zero attached hydrogens (tertiary/aromatic N) is 2. The minimum atomic E-state index is -4.31. The highest BCUT2D eigenvalue weighted by molar-refractivity contribution is 7.92. The molecule has 0 aromatic heterocycles. The normalized spacial score (nSPS) is 11.8. The highest BCUT2D eigenvalue weighted by Crippen LogP contribution is 2.33. The van der Waals surface area contributed by atoms with Crippen molar-refractivity contribution >= 4 is 39.1 Å². The quantitative estimate of drug-likeness (QED) is 0.283. The molecular weight excluding hydrogens is 582 g/mol. The third-order valence-corrected chi connectivity index (χ3v) is 8.46. The number of hydrogen-bond donors (Lipinski definition) is 1. The van der Waals surface area contributed by atoms with Crippen molar-refractivity contribution in [2.45, 2.75) is 38.3 Å². The summed E-state index contributed by atoms with van der Waals surface area (Å²) in [5.74, 6) is 0.165. The maximum absolute atomic E-state index is 14.1. The van der Waals surface area contributed by atoms with E-state index in [4.69, 9.17) is 25.8 Å². The lowest BCUT2D eigenvalue weighted by Gasteiger charge is -2.32. The van der Waals surface area contributed by atoms with Gasteiger partial charge in [0, 0.05) is 24.2 Å². The van der Waals surface area contributed by atoms with Gasteiger partial charge in [-0.05, 0) is 74.9 Å². The van der Waals surface area contributed by atoms with Crippen LogP contribution in [0.4, 0.5) is 5.69 Å². The summed E-state index contributed by atoms with van der Waals surface area (Å²) in [6, 6.07) is 16.6. The van der Waals surface area contributed by atoms with Crippen LogP contribution in [0.1, 0.15) is 26.3 Å². The number of benzene rings is 3. The Bertz CT molecular complexity index is 1470. The van der Waals surface area contributed by atoms with Crippen LogP contribution in [0, 0.1) is 0 Å². The van der Waals surface area contributed by atoms with Crippen LogP contribution in [0.15, 0.2) is 71.6 Å². The molecule has 0 saturated heterocycles. The number of likely N-dealkylation sites (N-methyl/N-ethyl adjacent to an activating group) is 1. The molecule has 1 N–H and O–H groups in total. The molecule has 0 spiro atoms. The van der Waals surface area contributed by atoms with E-state index >= 15 is 0 Å². The average molecular weight is 618 g/mol. The molecule has 0 aliphatic carbocycles. The van der Waals surface area contributed by atoms with Crippen molar-refractivity contribution in [2.75, 3.05) is 38.2 Å². The molecule has 0 saturated carbocycles. The van der Waals surface area contributed by atoms with E-state index in [0.717, 1.165) is 9.87 Å². The van der Waals surface area contributed by atoms with Crippen LogP contribution in [0.3, 0.4) is 0 Å². The molecule has 0 aliphatic rings. The molecule has 3 aromatic carbocycles. The monoisotopic (exact) mass is 617 g/mol. The Hall–Kier alpha value is -3.96. The van der Waals surface area contributed by atoms with Crippen molar-refractivity contribution in [1.29, 1.82) is 0 Å². The number of sulfonamides is 1. The summed E-state index contributed by atoms with van der Waals surface area (Å²) < 4.78 is 45.3. The van der Waals surface area contributed by atoms with Crippen molar-refractivity contribution in [1.82, 2.24) is 10.2 Å². The molecule has 3 aromatic rings. The fraction of sp³-hybridized carbons (Fsp3) is 0.333. The molecule has 2 amide bonds. The zero-order valence-corrected chi connectivity index (χ0v) is 25.9. The second kappa shape index (κ2) is 14.8. The lowest BCUT2D eigenvalue weighted by Crippen LogP contribution is -2.51. The first-order chi connectivity index (χ1) is 20.0. The fourth-order valence-corrected chi connectivity index (χ4v) is 5.76. The summed E-state index contributed by atoms with van der Waals surface area (Å²) in [4.78, 5) is 28.0. The number of methoxy groups -OCH3 is 2. The van der Waals surface area contributed by atoms with Gasteiger partial charge in [0.05, 0.1) is 31.4 Å². The Labute approximate surface area is 252 Å². The molecule has 12 heteroatoms. The summed E-state index contributed by atoms with van der Waals surface area (Å²) in [5, 5.41) is 3.26. The van der Waals surface area contributed by atoms with Gasteiger partial charge in [-0.3, -0.25) is 13.9 Å². The Balaban J connectivity index is 2.07. The highest BCUT2D eigenvalue weighted by Gasteiger charge is 2.33.